The van der Waals surface area contributed by atoms with Gasteiger partial charge >= 0.3 is 0 Å². The van der Waals surface area contributed by atoms with E-state index in [1.165, 1.54) is 5.56 Å². The molecule has 3 aromatic rings. The smallest absolute Gasteiger partial charge is 0.260 e. The van der Waals surface area contributed by atoms with Gasteiger partial charge in [0.05, 0.1) is 12.2 Å². The van der Waals surface area contributed by atoms with Crippen molar-refractivity contribution >= 4 is 11.7 Å². The highest BCUT2D eigenvalue weighted by atomic mass is 16.6. The predicted octanol–water partition coefficient (Wildman–Crippen LogP) is 5.29. The Morgan fingerprint density at radius 2 is 1.90 bits per heavy atom. The fourth-order valence-electron chi connectivity index (χ4n) is 3.10. The first kappa shape index (κ1) is 20.6. The summed E-state index contributed by atoms with van der Waals surface area (Å²) in [7, 11) is 0. The van der Waals surface area contributed by atoms with Crippen LogP contribution >= 0.6 is 0 Å². The maximum absolute atomic E-state index is 12.9. The number of para-hydroxylation sites is 1. The van der Waals surface area contributed by atoms with Crippen LogP contribution in [0.2, 0.25) is 0 Å². The van der Waals surface area contributed by atoms with Crippen LogP contribution in [0.15, 0.2) is 47.1 Å². The second-order valence-electron chi connectivity index (χ2n) is 6.81. The molecule has 1 N–H and O–H groups in total. The maximum Gasteiger partial charge on any atom is 0.260 e. The average Bonchev–Trinajstić information content (AvgIpc) is 3.21. The third-order valence-electron chi connectivity index (χ3n) is 4.83. The molecule has 152 valence electrons. The zero-order valence-corrected chi connectivity index (χ0v) is 17.2. The van der Waals surface area contributed by atoms with Crippen molar-refractivity contribution < 1.29 is 14.2 Å². The molecule has 1 amide bonds. The normalized spacial score (nSPS) is 10.7. The summed E-state index contributed by atoms with van der Waals surface area (Å²) in [5, 5.41) is 10.8. The first-order chi connectivity index (χ1) is 14.2. The van der Waals surface area contributed by atoms with Crippen LogP contribution in [0.25, 0.3) is 11.3 Å². The number of nitrogens with one attached hydrogen (secondary N) is 1. The molecular weight excluding hydrogens is 366 g/mol. The predicted molar refractivity (Wildman–Crippen MR) is 113 cm³/mol. The maximum atomic E-state index is 12.9. The minimum absolute atomic E-state index is 0.307. The quantitative estimate of drug-likeness (QED) is 0.500. The van der Waals surface area contributed by atoms with E-state index in [1.807, 2.05) is 12.1 Å². The number of hydrogen-bond acceptors (Lipinski definition) is 5. The van der Waals surface area contributed by atoms with Crippen LogP contribution in [0.1, 0.15) is 55.1 Å². The van der Waals surface area contributed by atoms with Crippen molar-refractivity contribution in [3.05, 3.63) is 59.2 Å². The number of unbranched alkanes of at least 4 members (excludes halogenated alkanes) is 1. The molecule has 0 bridgehead atoms. The van der Waals surface area contributed by atoms with E-state index >= 15 is 0 Å². The summed E-state index contributed by atoms with van der Waals surface area (Å²) in [6, 6.07) is 13.5. The third kappa shape index (κ3) is 4.83. The molecule has 0 saturated carbocycles. The van der Waals surface area contributed by atoms with E-state index in [9.17, 15) is 4.79 Å². The van der Waals surface area contributed by atoms with Crippen molar-refractivity contribution in [2.24, 2.45) is 0 Å². The Morgan fingerprint density at radius 1 is 1.07 bits per heavy atom. The fourth-order valence-corrected chi connectivity index (χ4v) is 3.10. The Bertz CT molecular complexity index is 966. The number of hydrogen-bond donors (Lipinski definition) is 1. The summed E-state index contributed by atoms with van der Waals surface area (Å²) in [4.78, 5) is 12.9. The number of aromatic nitrogens is 2. The van der Waals surface area contributed by atoms with Crippen LogP contribution in [-0.2, 0) is 12.8 Å². The lowest BCUT2D eigenvalue weighted by Crippen LogP contribution is -2.15. The molecule has 1 aromatic heterocycles. The molecule has 1 heterocycles. The van der Waals surface area contributed by atoms with Gasteiger partial charge in [0.1, 0.15) is 5.75 Å². The SMILES string of the molecule is CCCCOc1ccccc1C(=O)Nc1nonc1-c1cc(CC)ccc1CC. The number of benzene rings is 2. The lowest BCUT2D eigenvalue weighted by molar-refractivity contribution is 0.102. The molecule has 0 fully saturated rings. The van der Waals surface area contributed by atoms with Crippen LogP contribution in [0.4, 0.5) is 5.82 Å². The van der Waals surface area contributed by atoms with Gasteiger partial charge in [-0.25, -0.2) is 4.63 Å². The molecule has 0 saturated heterocycles. The van der Waals surface area contributed by atoms with Gasteiger partial charge in [-0.05, 0) is 58.9 Å². The van der Waals surface area contributed by atoms with E-state index in [2.05, 4.69) is 54.6 Å². The van der Waals surface area contributed by atoms with Crippen LogP contribution < -0.4 is 10.1 Å². The molecular formula is C23H27N3O3. The van der Waals surface area contributed by atoms with Crippen molar-refractivity contribution in [3.8, 4) is 17.0 Å². The number of carbonyl (C=O) groups excluding carboxylic acids is 1. The first-order valence-corrected chi connectivity index (χ1v) is 10.2. The number of nitrogens with zero attached hydrogens (tertiary/aromatic N) is 2. The average molecular weight is 393 g/mol. The molecule has 2 aromatic carbocycles. The molecule has 0 aliphatic carbocycles. The van der Waals surface area contributed by atoms with Gasteiger partial charge in [0.25, 0.3) is 5.91 Å². The summed E-state index contributed by atoms with van der Waals surface area (Å²) in [6.45, 7) is 6.85. The van der Waals surface area contributed by atoms with E-state index in [-0.39, 0.29) is 5.91 Å². The summed E-state index contributed by atoms with van der Waals surface area (Å²) < 4.78 is 10.8. The van der Waals surface area contributed by atoms with Crippen molar-refractivity contribution in [1.29, 1.82) is 0 Å². The van der Waals surface area contributed by atoms with E-state index in [0.717, 1.165) is 36.8 Å². The van der Waals surface area contributed by atoms with Crippen LogP contribution in [-0.4, -0.2) is 22.8 Å². The molecule has 6 heteroatoms. The Hall–Kier alpha value is -3.15. The molecule has 3 rings (SSSR count). The summed E-state index contributed by atoms with van der Waals surface area (Å²) in [5.41, 5.74) is 4.23. The lowest BCUT2D eigenvalue weighted by Gasteiger charge is -2.11. The minimum atomic E-state index is -0.307. The summed E-state index contributed by atoms with van der Waals surface area (Å²) >= 11 is 0. The van der Waals surface area contributed by atoms with Crippen molar-refractivity contribution in [2.75, 3.05) is 11.9 Å². The Labute approximate surface area is 171 Å². The second-order valence-corrected chi connectivity index (χ2v) is 6.81. The largest absolute Gasteiger partial charge is 0.493 e. The molecule has 0 unspecified atom stereocenters. The zero-order valence-electron chi connectivity index (χ0n) is 17.2. The van der Waals surface area contributed by atoms with Gasteiger partial charge in [-0.1, -0.05) is 51.5 Å². The monoisotopic (exact) mass is 393 g/mol. The lowest BCUT2D eigenvalue weighted by atomic mass is 9.98. The zero-order chi connectivity index (χ0) is 20.6. The standard InChI is InChI=1S/C23H27N3O3/c1-4-7-14-28-20-11-9-8-10-18(20)23(27)24-22-21(25-29-26-22)19-15-16(5-2)12-13-17(19)6-3/h8-13,15H,4-7,14H2,1-3H3,(H,24,26,27). The first-order valence-electron chi connectivity index (χ1n) is 10.2. The van der Waals surface area contributed by atoms with Gasteiger partial charge < -0.3 is 10.1 Å². The van der Waals surface area contributed by atoms with Crippen molar-refractivity contribution in [1.82, 2.24) is 10.3 Å². The van der Waals surface area contributed by atoms with Crippen molar-refractivity contribution in [2.45, 2.75) is 46.5 Å². The third-order valence-corrected chi connectivity index (χ3v) is 4.83. The van der Waals surface area contributed by atoms with Crippen LogP contribution in [0, 0.1) is 0 Å². The van der Waals surface area contributed by atoms with E-state index in [1.54, 1.807) is 12.1 Å². The molecule has 0 radical (unpaired) electrons. The number of rotatable bonds is 9. The Kier molecular flexibility index (Phi) is 7.00. The van der Waals surface area contributed by atoms with Gasteiger partial charge in [0.2, 0.25) is 5.82 Å². The van der Waals surface area contributed by atoms with Crippen LogP contribution in [0.3, 0.4) is 0 Å². The van der Waals surface area contributed by atoms with Crippen LogP contribution in [0.5, 0.6) is 5.75 Å². The molecule has 29 heavy (non-hydrogen) atoms. The Morgan fingerprint density at radius 3 is 2.66 bits per heavy atom. The number of anilines is 1. The molecule has 6 nitrogen and oxygen atoms in total. The highest BCUT2D eigenvalue weighted by Gasteiger charge is 2.20. The molecule has 0 atom stereocenters. The number of carbonyl (C=O) groups is 1. The van der Waals surface area contributed by atoms with E-state index in [4.69, 9.17) is 9.37 Å². The van der Waals surface area contributed by atoms with E-state index in [0.29, 0.717) is 29.4 Å². The van der Waals surface area contributed by atoms with Gasteiger partial charge in [-0.15, -0.1) is 0 Å². The minimum Gasteiger partial charge on any atom is -0.493 e. The molecule has 0 spiro atoms. The summed E-state index contributed by atoms with van der Waals surface area (Å²) in [5.74, 6) is 0.554. The highest BCUT2D eigenvalue weighted by molar-refractivity contribution is 6.07. The van der Waals surface area contributed by atoms with Gasteiger partial charge in [-0.2, -0.15) is 0 Å². The highest BCUT2D eigenvalue weighted by Crippen LogP contribution is 2.30. The van der Waals surface area contributed by atoms with Gasteiger partial charge in [0.15, 0.2) is 5.69 Å². The molecule has 0 aliphatic heterocycles. The summed E-state index contributed by atoms with van der Waals surface area (Å²) in [6.07, 6.45) is 3.71. The molecule has 0 aliphatic rings. The Balaban J connectivity index is 1.87. The topological polar surface area (TPSA) is 77.2 Å². The van der Waals surface area contributed by atoms with Gasteiger partial charge in [0, 0.05) is 5.56 Å². The number of amides is 1. The van der Waals surface area contributed by atoms with Crippen molar-refractivity contribution in [3.63, 3.8) is 0 Å². The second kappa shape index (κ2) is 9.87. The fraction of sp³-hybridized carbons (Fsp3) is 0.348. The number of ether oxygens (including phenoxy) is 1. The number of aryl methyl sites for hydroxylation is 2. The van der Waals surface area contributed by atoms with Gasteiger partial charge in [-0.3, -0.25) is 4.79 Å². The van der Waals surface area contributed by atoms with E-state index < -0.39 is 0 Å².